The van der Waals surface area contributed by atoms with E-state index < -0.39 is 12.1 Å². The van der Waals surface area contributed by atoms with Gasteiger partial charge in [-0.1, -0.05) is 60.5 Å². The van der Waals surface area contributed by atoms with E-state index in [9.17, 15) is 14.7 Å². The predicted octanol–water partition coefficient (Wildman–Crippen LogP) is 5.99. The number of nitrogens with zero attached hydrogens (tertiary/aromatic N) is 2. The van der Waals surface area contributed by atoms with Crippen LogP contribution < -0.4 is 15.4 Å². The summed E-state index contributed by atoms with van der Waals surface area (Å²) in [6.07, 6.45) is -0.340. The average molecular weight is 586 g/mol. The molecule has 1 aliphatic rings. The number of carbonyl (C=O) groups excluding carboxylic acids is 2. The minimum absolute atomic E-state index is 0.0893. The Balaban J connectivity index is 1.63. The molecular formula is C30H34Cl2N4O4. The van der Waals surface area contributed by atoms with Crippen LogP contribution in [0.5, 0.6) is 5.75 Å². The predicted molar refractivity (Wildman–Crippen MR) is 159 cm³/mol. The first kappa shape index (κ1) is 29.7. The number of nitrogens with one attached hydrogen (secondary N) is 2. The Bertz CT molecular complexity index is 1340. The topological polar surface area (TPSA) is 94.1 Å². The third kappa shape index (κ3) is 7.26. The number of rotatable bonds is 8. The molecule has 4 rings (SSSR count). The fraction of sp³-hybridized carbons (Fsp3) is 0.333. The van der Waals surface area contributed by atoms with Crippen LogP contribution in [0.25, 0.3) is 0 Å². The van der Waals surface area contributed by atoms with Gasteiger partial charge in [0.1, 0.15) is 6.10 Å². The Labute approximate surface area is 244 Å². The van der Waals surface area contributed by atoms with E-state index in [0.29, 0.717) is 52.4 Å². The number of ether oxygens (including phenoxy) is 1. The van der Waals surface area contributed by atoms with Gasteiger partial charge in [-0.05, 0) is 55.9 Å². The molecule has 0 fully saturated rings. The minimum atomic E-state index is -0.459. The number of likely N-dealkylation sites (N-methyl/N-ethyl adjacent to an activating group) is 1. The molecule has 0 aromatic heterocycles. The molecule has 3 amide bonds. The van der Waals surface area contributed by atoms with Crippen molar-refractivity contribution in [3.8, 4) is 5.75 Å². The van der Waals surface area contributed by atoms with E-state index in [1.165, 1.54) is 0 Å². The molecule has 40 heavy (non-hydrogen) atoms. The second-order valence-corrected chi connectivity index (χ2v) is 11.0. The number of benzene rings is 3. The lowest BCUT2D eigenvalue weighted by Crippen LogP contribution is -2.49. The van der Waals surface area contributed by atoms with Crippen molar-refractivity contribution in [1.29, 1.82) is 0 Å². The number of hydrogen-bond donors (Lipinski definition) is 3. The van der Waals surface area contributed by atoms with E-state index in [1.54, 1.807) is 41.3 Å². The number of fused-ring (bicyclic) bond motifs is 1. The fourth-order valence-electron chi connectivity index (χ4n) is 4.69. The van der Waals surface area contributed by atoms with E-state index in [4.69, 9.17) is 27.9 Å². The molecule has 0 bridgehead atoms. The van der Waals surface area contributed by atoms with E-state index >= 15 is 0 Å². The summed E-state index contributed by atoms with van der Waals surface area (Å²) in [5.74, 6) is -0.0583. The van der Waals surface area contributed by atoms with Crippen LogP contribution in [0.15, 0.2) is 66.7 Å². The maximum Gasteiger partial charge on any atom is 0.323 e. The monoisotopic (exact) mass is 584 g/mol. The van der Waals surface area contributed by atoms with Crippen LogP contribution in [0.1, 0.15) is 29.8 Å². The van der Waals surface area contributed by atoms with Crippen molar-refractivity contribution in [2.75, 3.05) is 37.4 Å². The zero-order valence-electron chi connectivity index (χ0n) is 22.7. The SMILES string of the molecule is C[C@H](CO)N1C[C@H](C)[C@@H](CN(C)Cc2ccc(Cl)c(Cl)c2)Oc2c(NC(=O)Nc3ccccc3)cccc2C1=O. The number of aliphatic hydroxyl groups excluding tert-OH is 1. The Kier molecular flexibility index (Phi) is 9.92. The molecular weight excluding hydrogens is 551 g/mol. The third-order valence-corrected chi connectivity index (χ3v) is 7.64. The van der Waals surface area contributed by atoms with Gasteiger partial charge in [-0.3, -0.25) is 9.69 Å². The molecule has 8 nitrogen and oxygen atoms in total. The van der Waals surface area contributed by atoms with Crippen molar-refractivity contribution >= 4 is 46.5 Å². The Morgan fingerprint density at radius 2 is 1.85 bits per heavy atom. The molecule has 3 N–H and O–H groups in total. The summed E-state index contributed by atoms with van der Waals surface area (Å²) in [5, 5.41) is 16.6. The molecule has 0 aliphatic carbocycles. The van der Waals surface area contributed by atoms with Crippen LogP contribution in [0.4, 0.5) is 16.2 Å². The molecule has 3 atom stereocenters. The van der Waals surface area contributed by atoms with Crippen LogP contribution >= 0.6 is 23.2 Å². The standard InChI is InChI=1S/C30H34Cl2N4O4/c1-19-15-36(20(2)18-37)29(38)23-10-7-11-26(34-30(39)33-22-8-5-4-6-9-22)28(23)40-27(19)17-35(3)16-21-12-13-24(31)25(32)14-21/h4-14,19-20,27,37H,15-18H2,1-3H3,(H2,33,34,39)/t19-,20+,27+/m0/s1. The molecule has 212 valence electrons. The lowest BCUT2D eigenvalue weighted by atomic mass is 9.99. The van der Waals surface area contributed by atoms with Gasteiger partial charge in [0.25, 0.3) is 5.91 Å². The van der Waals surface area contributed by atoms with E-state index in [0.717, 1.165) is 5.56 Å². The number of amides is 3. The number of hydrogen-bond acceptors (Lipinski definition) is 5. The molecule has 0 unspecified atom stereocenters. The number of halogens is 2. The zero-order valence-corrected chi connectivity index (χ0v) is 24.2. The lowest BCUT2D eigenvalue weighted by Gasteiger charge is -2.38. The third-order valence-electron chi connectivity index (χ3n) is 6.90. The summed E-state index contributed by atoms with van der Waals surface area (Å²) in [6.45, 7) is 5.19. The van der Waals surface area contributed by atoms with E-state index in [-0.39, 0.29) is 24.5 Å². The van der Waals surface area contributed by atoms with Gasteiger partial charge >= 0.3 is 6.03 Å². The van der Waals surface area contributed by atoms with Crippen LogP contribution in [-0.2, 0) is 6.54 Å². The number of anilines is 2. The van der Waals surface area contributed by atoms with Gasteiger partial charge in [0.2, 0.25) is 0 Å². The van der Waals surface area contributed by atoms with Crippen molar-refractivity contribution in [1.82, 2.24) is 9.80 Å². The van der Waals surface area contributed by atoms with Gasteiger partial charge in [-0.2, -0.15) is 0 Å². The normalized spacial score (nSPS) is 17.9. The summed E-state index contributed by atoms with van der Waals surface area (Å²) in [7, 11) is 1.98. The van der Waals surface area contributed by atoms with Crippen LogP contribution in [0, 0.1) is 5.92 Å². The summed E-state index contributed by atoms with van der Waals surface area (Å²) in [5.41, 5.74) is 2.33. The highest BCUT2D eigenvalue weighted by atomic mass is 35.5. The van der Waals surface area contributed by atoms with Gasteiger partial charge in [0.05, 0.1) is 33.9 Å². The van der Waals surface area contributed by atoms with Crippen molar-refractivity contribution in [3.63, 3.8) is 0 Å². The van der Waals surface area contributed by atoms with Gasteiger partial charge in [-0.25, -0.2) is 4.79 Å². The van der Waals surface area contributed by atoms with Crippen molar-refractivity contribution < 1.29 is 19.4 Å². The quantitative estimate of drug-likeness (QED) is 0.302. The van der Waals surface area contributed by atoms with Crippen LogP contribution in [0.2, 0.25) is 10.0 Å². The van der Waals surface area contributed by atoms with Crippen molar-refractivity contribution in [3.05, 3.63) is 87.9 Å². The van der Waals surface area contributed by atoms with Gasteiger partial charge < -0.3 is 25.4 Å². The summed E-state index contributed by atoms with van der Waals surface area (Å²) in [4.78, 5) is 30.3. The first-order valence-corrected chi connectivity index (χ1v) is 13.9. The highest BCUT2D eigenvalue weighted by molar-refractivity contribution is 6.42. The van der Waals surface area contributed by atoms with Gasteiger partial charge in [0.15, 0.2) is 5.75 Å². The van der Waals surface area contributed by atoms with Gasteiger partial charge in [0, 0.05) is 31.2 Å². The number of urea groups is 1. The van der Waals surface area contributed by atoms with Crippen molar-refractivity contribution in [2.45, 2.75) is 32.5 Å². The molecule has 1 aliphatic heterocycles. The molecule has 0 radical (unpaired) electrons. The molecule has 0 spiro atoms. The van der Waals surface area contributed by atoms with E-state index in [1.807, 2.05) is 51.2 Å². The Hall–Kier alpha value is -3.30. The maximum atomic E-state index is 13.7. The van der Waals surface area contributed by atoms with Crippen molar-refractivity contribution in [2.24, 2.45) is 5.92 Å². The average Bonchev–Trinajstić information content (AvgIpc) is 2.93. The molecule has 0 saturated heterocycles. The summed E-state index contributed by atoms with van der Waals surface area (Å²) >= 11 is 12.3. The first-order chi connectivity index (χ1) is 19.2. The summed E-state index contributed by atoms with van der Waals surface area (Å²) in [6, 6.07) is 18.9. The maximum absolute atomic E-state index is 13.7. The highest BCUT2D eigenvalue weighted by Gasteiger charge is 2.34. The fourth-order valence-corrected chi connectivity index (χ4v) is 5.01. The lowest BCUT2D eigenvalue weighted by molar-refractivity contribution is 0.0343. The molecule has 10 heteroatoms. The molecule has 3 aromatic carbocycles. The molecule has 3 aromatic rings. The second kappa shape index (κ2) is 13.4. The summed E-state index contributed by atoms with van der Waals surface area (Å²) < 4.78 is 6.57. The smallest absolute Gasteiger partial charge is 0.323 e. The Morgan fingerprint density at radius 1 is 1.10 bits per heavy atom. The first-order valence-electron chi connectivity index (χ1n) is 13.1. The van der Waals surface area contributed by atoms with Crippen LogP contribution in [-0.4, -0.2) is 65.7 Å². The zero-order chi connectivity index (χ0) is 28.8. The largest absolute Gasteiger partial charge is 0.486 e. The van der Waals surface area contributed by atoms with Crippen LogP contribution in [0.3, 0.4) is 0 Å². The minimum Gasteiger partial charge on any atom is -0.486 e. The van der Waals surface area contributed by atoms with E-state index in [2.05, 4.69) is 15.5 Å². The molecule has 1 heterocycles. The molecule has 0 saturated carbocycles. The number of para-hydroxylation sites is 2. The Morgan fingerprint density at radius 3 is 2.55 bits per heavy atom. The second-order valence-electron chi connectivity index (χ2n) is 10.2. The number of aliphatic hydroxyl groups is 1. The number of carbonyl (C=O) groups is 2. The highest BCUT2D eigenvalue weighted by Crippen LogP contribution is 2.35. The van der Waals surface area contributed by atoms with Gasteiger partial charge in [-0.15, -0.1) is 0 Å².